The molecule has 3 heterocycles. The van der Waals surface area contributed by atoms with Gasteiger partial charge in [-0.25, -0.2) is 9.98 Å². The molecule has 1 atom stereocenters. The number of nitrogens with one attached hydrogen (secondary N) is 3. The second-order valence-corrected chi connectivity index (χ2v) is 6.85. The first kappa shape index (κ1) is 17.1. The van der Waals surface area contributed by atoms with Crippen molar-refractivity contribution in [2.75, 3.05) is 10.6 Å². The number of allylic oxidation sites excluding steroid dienone is 4. The van der Waals surface area contributed by atoms with Crippen LogP contribution in [0.5, 0.6) is 0 Å². The van der Waals surface area contributed by atoms with Crippen molar-refractivity contribution in [1.82, 2.24) is 20.2 Å². The maximum Gasteiger partial charge on any atom is 0.269 e. The van der Waals surface area contributed by atoms with E-state index in [4.69, 9.17) is 0 Å². The van der Waals surface area contributed by atoms with Crippen molar-refractivity contribution in [2.24, 2.45) is 10.9 Å². The Labute approximate surface area is 166 Å². The zero-order valence-electron chi connectivity index (χ0n) is 15.5. The van der Waals surface area contributed by atoms with Crippen molar-refractivity contribution in [2.45, 2.75) is 6.92 Å². The molecule has 3 N–H and O–H groups in total. The molecule has 142 valence electrons. The largest absolute Gasteiger partial charge is 0.339 e. The van der Waals surface area contributed by atoms with E-state index in [1.165, 1.54) is 0 Å². The minimum atomic E-state index is -0.210. The molecule has 0 spiro atoms. The molecule has 29 heavy (non-hydrogen) atoms. The Kier molecular flexibility index (Phi) is 4.02. The average Bonchev–Trinajstić information content (AvgIpc) is 3.19. The lowest BCUT2D eigenvalue weighted by atomic mass is 9.88. The van der Waals surface area contributed by atoms with Gasteiger partial charge in [0.25, 0.3) is 5.91 Å². The van der Waals surface area contributed by atoms with E-state index in [1.54, 1.807) is 24.5 Å². The highest BCUT2D eigenvalue weighted by Crippen LogP contribution is 2.27. The van der Waals surface area contributed by atoms with E-state index >= 15 is 0 Å². The maximum absolute atomic E-state index is 11.6. The fraction of sp³-hybridized carbons (Fsp3) is 0.0952. The maximum atomic E-state index is 11.6. The molecule has 2 aromatic heterocycles. The van der Waals surface area contributed by atoms with Crippen molar-refractivity contribution in [3.63, 3.8) is 0 Å². The van der Waals surface area contributed by atoms with Crippen molar-refractivity contribution < 1.29 is 4.79 Å². The van der Waals surface area contributed by atoms with Crippen LogP contribution in [-0.4, -0.2) is 31.8 Å². The number of H-pyrrole nitrogens is 1. The van der Waals surface area contributed by atoms with Gasteiger partial charge in [-0.15, -0.1) is 0 Å². The van der Waals surface area contributed by atoms with Gasteiger partial charge in [-0.05, 0) is 43.4 Å². The highest BCUT2D eigenvalue weighted by atomic mass is 16.1. The fourth-order valence-corrected chi connectivity index (χ4v) is 3.43. The number of rotatable bonds is 4. The Bertz CT molecular complexity index is 1250. The van der Waals surface area contributed by atoms with Crippen molar-refractivity contribution in [1.29, 1.82) is 0 Å². The third-order valence-electron chi connectivity index (χ3n) is 4.84. The lowest BCUT2D eigenvalue weighted by molar-refractivity contribution is -0.113. The first-order valence-electron chi connectivity index (χ1n) is 9.15. The van der Waals surface area contributed by atoms with Crippen LogP contribution in [-0.2, 0) is 4.79 Å². The molecular formula is C21H17N7O. The summed E-state index contributed by atoms with van der Waals surface area (Å²) in [4.78, 5) is 24.5. The first-order chi connectivity index (χ1) is 14.2. The summed E-state index contributed by atoms with van der Waals surface area (Å²) in [5.74, 6) is 0.913. The van der Waals surface area contributed by atoms with Gasteiger partial charge in [-0.2, -0.15) is 10.1 Å². The highest BCUT2D eigenvalue weighted by Gasteiger charge is 2.23. The fourth-order valence-electron chi connectivity index (χ4n) is 3.43. The number of aromatic amines is 1. The van der Waals surface area contributed by atoms with E-state index in [2.05, 4.69) is 35.8 Å². The second kappa shape index (κ2) is 6.83. The third-order valence-corrected chi connectivity index (χ3v) is 4.84. The van der Waals surface area contributed by atoms with E-state index in [1.807, 2.05) is 43.4 Å². The summed E-state index contributed by atoms with van der Waals surface area (Å²) in [6, 6.07) is 7.69. The number of carbonyl (C=O) groups is 1. The van der Waals surface area contributed by atoms with Crippen molar-refractivity contribution in [3.05, 3.63) is 72.2 Å². The van der Waals surface area contributed by atoms with Gasteiger partial charge in [0.1, 0.15) is 5.82 Å². The van der Waals surface area contributed by atoms with Crippen LogP contribution in [0.3, 0.4) is 0 Å². The van der Waals surface area contributed by atoms with E-state index in [-0.39, 0.29) is 11.8 Å². The first-order valence-corrected chi connectivity index (χ1v) is 9.15. The van der Waals surface area contributed by atoms with E-state index in [0.717, 1.165) is 33.6 Å². The number of benzene rings is 1. The van der Waals surface area contributed by atoms with Crippen LogP contribution in [0.1, 0.15) is 6.92 Å². The summed E-state index contributed by atoms with van der Waals surface area (Å²) < 4.78 is 0. The van der Waals surface area contributed by atoms with Gasteiger partial charge >= 0.3 is 0 Å². The molecule has 0 radical (unpaired) electrons. The van der Waals surface area contributed by atoms with Gasteiger partial charge in [0.2, 0.25) is 5.95 Å². The minimum Gasteiger partial charge on any atom is -0.339 e. The number of hydrogen-bond donors (Lipinski definition) is 3. The number of aromatic nitrogens is 4. The lowest BCUT2D eigenvalue weighted by Crippen LogP contribution is -2.22. The van der Waals surface area contributed by atoms with Crippen LogP contribution in [0.15, 0.2) is 77.2 Å². The van der Waals surface area contributed by atoms with E-state index < -0.39 is 0 Å². The summed E-state index contributed by atoms with van der Waals surface area (Å²) in [7, 11) is 0. The molecule has 1 aliphatic heterocycles. The van der Waals surface area contributed by atoms with Gasteiger partial charge in [-0.3, -0.25) is 9.89 Å². The van der Waals surface area contributed by atoms with Crippen molar-refractivity contribution >= 4 is 40.0 Å². The number of anilines is 3. The number of amides is 1. The Morgan fingerprint density at radius 2 is 2.07 bits per heavy atom. The molecule has 1 amide bonds. The number of aliphatic imine (C=N–C) groups is 1. The van der Waals surface area contributed by atoms with Gasteiger partial charge < -0.3 is 10.6 Å². The SMILES string of the molecule is CC1=CC(=O)N=C2C=CC(Nc3nccc(Nc4cccc5[nH]ncc45)n3)=CC12. The number of fused-ring (bicyclic) bond motifs is 2. The Hall–Kier alpha value is -4.07. The van der Waals surface area contributed by atoms with Gasteiger partial charge in [0, 0.05) is 29.3 Å². The molecule has 1 aliphatic carbocycles. The van der Waals surface area contributed by atoms with Crippen LogP contribution >= 0.6 is 0 Å². The standard InChI is InChI=1S/C21H17N7O/c1-12-9-20(29)26-17-6-5-13(10-14(12)17)24-21-22-8-7-19(27-21)25-16-3-2-4-18-15(16)11-23-28-18/h2-11,14H,1H3,(H,23,28)(H2,22,24,25,27). The topological polar surface area (TPSA) is 108 Å². The summed E-state index contributed by atoms with van der Waals surface area (Å²) in [5.41, 5.74) is 4.43. The van der Waals surface area contributed by atoms with Crippen LogP contribution in [0.25, 0.3) is 10.9 Å². The van der Waals surface area contributed by atoms with Gasteiger partial charge in [0.05, 0.1) is 23.1 Å². The molecule has 3 aromatic rings. The minimum absolute atomic E-state index is 0.0137. The van der Waals surface area contributed by atoms with Crippen LogP contribution in [0.4, 0.5) is 17.5 Å². The quantitative estimate of drug-likeness (QED) is 0.636. The molecule has 1 unspecified atom stereocenters. The smallest absolute Gasteiger partial charge is 0.269 e. The summed E-state index contributed by atoms with van der Waals surface area (Å²) in [5, 5.41) is 14.6. The predicted octanol–water partition coefficient (Wildman–Crippen LogP) is 3.51. The number of dihydropyridines is 1. The van der Waals surface area contributed by atoms with E-state index in [0.29, 0.717) is 11.8 Å². The molecule has 0 fully saturated rings. The van der Waals surface area contributed by atoms with Crippen molar-refractivity contribution in [3.8, 4) is 0 Å². The third kappa shape index (κ3) is 3.31. The molecule has 8 heteroatoms. The van der Waals surface area contributed by atoms with Gasteiger partial charge in [-0.1, -0.05) is 11.6 Å². The highest BCUT2D eigenvalue weighted by molar-refractivity contribution is 6.12. The second-order valence-electron chi connectivity index (χ2n) is 6.85. The van der Waals surface area contributed by atoms with E-state index in [9.17, 15) is 4.79 Å². The molecule has 8 nitrogen and oxygen atoms in total. The Balaban J connectivity index is 1.37. The molecule has 2 aliphatic rings. The molecule has 1 aromatic carbocycles. The summed E-state index contributed by atoms with van der Waals surface area (Å²) in [6.45, 7) is 1.93. The normalized spacial score (nSPS) is 18.0. The zero-order chi connectivity index (χ0) is 19.8. The number of nitrogens with zero attached hydrogens (tertiary/aromatic N) is 4. The number of hydrogen-bond acceptors (Lipinski definition) is 6. The Morgan fingerprint density at radius 3 is 3.00 bits per heavy atom. The number of carbonyl (C=O) groups excluding carboxylic acids is 1. The van der Waals surface area contributed by atoms with Gasteiger partial charge in [0.15, 0.2) is 0 Å². The molecule has 0 bridgehead atoms. The van der Waals surface area contributed by atoms with Crippen LogP contribution in [0.2, 0.25) is 0 Å². The van der Waals surface area contributed by atoms with Crippen LogP contribution < -0.4 is 10.6 Å². The zero-order valence-corrected chi connectivity index (χ0v) is 15.5. The predicted molar refractivity (Wildman–Crippen MR) is 112 cm³/mol. The lowest BCUT2D eigenvalue weighted by Gasteiger charge is -2.22. The molecule has 0 saturated carbocycles. The molecule has 5 rings (SSSR count). The monoisotopic (exact) mass is 383 g/mol. The molecule has 0 saturated heterocycles. The summed E-state index contributed by atoms with van der Waals surface area (Å²) >= 11 is 0. The molecular weight excluding hydrogens is 366 g/mol. The summed E-state index contributed by atoms with van der Waals surface area (Å²) in [6.07, 6.45) is 10.8. The Morgan fingerprint density at radius 1 is 1.14 bits per heavy atom. The average molecular weight is 383 g/mol. The van der Waals surface area contributed by atoms with Crippen LogP contribution in [0, 0.1) is 5.92 Å².